The molecule has 0 spiro atoms. The fraction of sp³-hybridized carbons (Fsp3) is 0.333. The summed E-state index contributed by atoms with van der Waals surface area (Å²) in [5.41, 5.74) is 1.23. The van der Waals surface area contributed by atoms with Crippen LogP contribution in [0.3, 0.4) is 0 Å². The van der Waals surface area contributed by atoms with E-state index >= 15 is 0 Å². The van der Waals surface area contributed by atoms with Crippen molar-refractivity contribution >= 4 is 28.9 Å². The molecule has 0 aliphatic heterocycles. The lowest BCUT2D eigenvalue weighted by atomic mass is 10.2. The van der Waals surface area contributed by atoms with Crippen LogP contribution >= 0.6 is 12.2 Å². The van der Waals surface area contributed by atoms with Crippen molar-refractivity contribution in [2.45, 2.75) is 13.8 Å². The van der Waals surface area contributed by atoms with Gasteiger partial charge in [0.15, 0.2) is 5.11 Å². The van der Waals surface area contributed by atoms with E-state index in [0.29, 0.717) is 37.1 Å². The lowest BCUT2D eigenvalue weighted by molar-refractivity contribution is 0.0977. The Hall–Kier alpha value is -2.64. The van der Waals surface area contributed by atoms with Crippen LogP contribution in [0.1, 0.15) is 24.2 Å². The molecule has 2 aromatic rings. The van der Waals surface area contributed by atoms with Crippen molar-refractivity contribution < 1.29 is 19.0 Å². The number of hydrogen-bond donors (Lipinski definition) is 2. The average Bonchev–Trinajstić information content (AvgIpc) is 2.67. The summed E-state index contributed by atoms with van der Waals surface area (Å²) < 4.78 is 16.1. The largest absolute Gasteiger partial charge is 0.493 e. The molecule has 2 N–H and O–H groups in total. The van der Waals surface area contributed by atoms with Crippen LogP contribution in [-0.2, 0) is 4.74 Å². The fourth-order valence-corrected chi connectivity index (χ4v) is 2.42. The second kappa shape index (κ2) is 11.3. The number of hydrogen-bond acceptors (Lipinski definition) is 5. The van der Waals surface area contributed by atoms with Crippen molar-refractivity contribution in [2.24, 2.45) is 5.92 Å². The molecule has 1 amide bonds. The Balaban J connectivity index is 1.87. The first-order valence-corrected chi connectivity index (χ1v) is 9.45. The molecule has 0 saturated carbocycles. The van der Waals surface area contributed by atoms with Crippen molar-refractivity contribution in [1.29, 1.82) is 0 Å². The lowest BCUT2D eigenvalue weighted by Crippen LogP contribution is -2.34. The maximum atomic E-state index is 12.3. The number of amides is 1. The van der Waals surface area contributed by atoms with Crippen molar-refractivity contribution in [2.75, 3.05) is 32.2 Å². The van der Waals surface area contributed by atoms with Gasteiger partial charge in [-0.3, -0.25) is 10.1 Å². The SMILES string of the molecule is COCCOc1ccc(C(=O)NC(=S)Nc2cccc(OCC(C)C)c2)cc1. The van der Waals surface area contributed by atoms with E-state index in [-0.39, 0.29) is 11.0 Å². The maximum Gasteiger partial charge on any atom is 0.257 e. The molecule has 2 rings (SSSR count). The number of carbonyl (C=O) groups is 1. The molecule has 0 unspecified atom stereocenters. The first kappa shape index (κ1) is 21.7. The minimum absolute atomic E-state index is 0.214. The second-order valence-electron chi connectivity index (χ2n) is 6.51. The van der Waals surface area contributed by atoms with Gasteiger partial charge in [0, 0.05) is 24.4 Å². The van der Waals surface area contributed by atoms with E-state index in [9.17, 15) is 4.79 Å². The van der Waals surface area contributed by atoms with Gasteiger partial charge in [-0.15, -0.1) is 0 Å². The Kier molecular flexibility index (Phi) is 8.71. The van der Waals surface area contributed by atoms with Crippen LogP contribution in [0.4, 0.5) is 5.69 Å². The van der Waals surface area contributed by atoms with Crippen LogP contribution in [0.2, 0.25) is 0 Å². The zero-order valence-corrected chi connectivity index (χ0v) is 17.2. The highest BCUT2D eigenvalue weighted by atomic mass is 32.1. The van der Waals surface area contributed by atoms with Gasteiger partial charge in [0.1, 0.15) is 18.1 Å². The van der Waals surface area contributed by atoms with E-state index in [0.717, 1.165) is 11.4 Å². The predicted octanol–water partition coefficient (Wildman–Crippen LogP) is 3.87. The molecular weight excluding hydrogens is 376 g/mol. The van der Waals surface area contributed by atoms with Crippen LogP contribution in [0.5, 0.6) is 11.5 Å². The summed E-state index contributed by atoms with van der Waals surface area (Å²) in [6.07, 6.45) is 0. The molecule has 0 aliphatic carbocycles. The monoisotopic (exact) mass is 402 g/mol. The van der Waals surface area contributed by atoms with Gasteiger partial charge in [-0.05, 0) is 54.5 Å². The molecule has 0 aliphatic rings. The van der Waals surface area contributed by atoms with Crippen LogP contribution < -0.4 is 20.1 Å². The number of benzene rings is 2. The highest BCUT2D eigenvalue weighted by molar-refractivity contribution is 7.80. The van der Waals surface area contributed by atoms with Crippen molar-refractivity contribution in [3.8, 4) is 11.5 Å². The van der Waals surface area contributed by atoms with E-state index in [2.05, 4.69) is 24.5 Å². The number of methoxy groups -OCH3 is 1. The number of rotatable bonds is 9. The van der Waals surface area contributed by atoms with Crippen molar-refractivity contribution in [3.63, 3.8) is 0 Å². The topological polar surface area (TPSA) is 68.8 Å². The number of ether oxygens (including phenoxy) is 3. The average molecular weight is 403 g/mol. The molecule has 0 bridgehead atoms. The molecule has 0 radical (unpaired) electrons. The Morgan fingerprint density at radius 2 is 1.79 bits per heavy atom. The zero-order chi connectivity index (χ0) is 20.4. The summed E-state index contributed by atoms with van der Waals surface area (Å²) in [5.74, 6) is 1.56. The molecular formula is C21H26N2O4S. The van der Waals surface area contributed by atoms with Gasteiger partial charge in [-0.25, -0.2) is 0 Å². The van der Waals surface area contributed by atoms with Gasteiger partial charge in [-0.2, -0.15) is 0 Å². The molecule has 150 valence electrons. The molecule has 0 aromatic heterocycles. The molecule has 28 heavy (non-hydrogen) atoms. The Labute approximate surface area is 171 Å². The molecule has 7 heteroatoms. The summed E-state index contributed by atoms with van der Waals surface area (Å²) >= 11 is 5.24. The zero-order valence-electron chi connectivity index (χ0n) is 16.4. The lowest BCUT2D eigenvalue weighted by Gasteiger charge is -2.12. The normalized spacial score (nSPS) is 10.4. The predicted molar refractivity (Wildman–Crippen MR) is 114 cm³/mol. The molecule has 0 atom stereocenters. The fourth-order valence-electron chi connectivity index (χ4n) is 2.21. The minimum Gasteiger partial charge on any atom is -0.493 e. The molecule has 0 heterocycles. The van der Waals surface area contributed by atoms with E-state index in [4.69, 9.17) is 26.4 Å². The van der Waals surface area contributed by atoms with Crippen molar-refractivity contribution in [3.05, 3.63) is 54.1 Å². The van der Waals surface area contributed by atoms with Crippen LogP contribution in [0, 0.1) is 5.92 Å². The highest BCUT2D eigenvalue weighted by Gasteiger charge is 2.09. The van der Waals surface area contributed by atoms with Gasteiger partial charge in [-0.1, -0.05) is 19.9 Å². The summed E-state index contributed by atoms with van der Waals surface area (Å²) in [4.78, 5) is 12.3. The smallest absolute Gasteiger partial charge is 0.257 e. The summed E-state index contributed by atoms with van der Waals surface area (Å²) in [6.45, 7) is 5.77. The number of thiocarbonyl (C=S) groups is 1. The highest BCUT2D eigenvalue weighted by Crippen LogP contribution is 2.18. The minimum atomic E-state index is -0.298. The number of carbonyl (C=O) groups excluding carboxylic acids is 1. The first-order valence-electron chi connectivity index (χ1n) is 9.05. The van der Waals surface area contributed by atoms with Gasteiger partial charge in [0.2, 0.25) is 0 Å². The Morgan fingerprint density at radius 3 is 2.46 bits per heavy atom. The Bertz CT molecular complexity index is 778. The standard InChI is InChI=1S/C21H26N2O4S/c1-15(2)14-27-19-6-4-5-17(13-19)22-21(28)23-20(24)16-7-9-18(10-8-16)26-12-11-25-3/h4-10,13,15H,11-12,14H2,1-3H3,(H2,22,23,24,28). The Morgan fingerprint density at radius 1 is 1.04 bits per heavy atom. The molecule has 0 saturated heterocycles. The molecule has 2 aromatic carbocycles. The van der Waals surface area contributed by atoms with Crippen LogP contribution in [0.15, 0.2) is 48.5 Å². The van der Waals surface area contributed by atoms with Gasteiger partial charge in [0.05, 0.1) is 13.2 Å². The quantitative estimate of drug-likeness (QED) is 0.490. The maximum absolute atomic E-state index is 12.3. The number of nitrogens with one attached hydrogen (secondary N) is 2. The summed E-state index contributed by atoms with van der Waals surface area (Å²) in [5, 5.41) is 5.88. The summed E-state index contributed by atoms with van der Waals surface area (Å²) in [7, 11) is 1.61. The first-order chi connectivity index (χ1) is 13.5. The van der Waals surface area contributed by atoms with E-state index in [1.54, 1.807) is 31.4 Å². The van der Waals surface area contributed by atoms with Gasteiger partial charge >= 0.3 is 0 Å². The molecule has 0 fully saturated rings. The van der Waals surface area contributed by atoms with Gasteiger partial charge < -0.3 is 19.5 Å². The third-order valence-electron chi connectivity index (χ3n) is 3.57. The van der Waals surface area contributed by atoms with Crippen LogP contribution in [0.25, 0.3) is 0 Å². The third-order valence-corrected chi connectivity index (χ3v) is 3.78. The number of anilines is 1. The van der Waals surface area contributed by atoms with E-state index in [1.807, 2.05) is 24.3 Å². The molecule has 6 nitrogen and oxygen atoms in total. The van der Waals surface area contributed by atoms with E-state index < -0.39 is 0 Å². The van der Waals surface area contributed by atoms with Crippen molar-refractivity contribution in [1.82, 2.24) is 5.32 Å². The van der Waals surface area contributed by atoms with Crippen LogP contribution in [-0.4, -0.2) is 38.0 Å². The summed E-state index contributed by atoms with van der Waals surface area (Å²) in [6, 6.07) is 14.3. The third kappa shape index (κ3) is 7.54. The second-order valence-corrected chi connectivity index (χ2v) is 6.91. The van der Waals surface area contributed by atoms with E-state index in [1.165, 1.54) is 0 Å². The van der Waals surface area contributed by atoms with Gasteiger partial charge in [0.25, 0.3) is 5.91 Å².